The molecular formula is C19H20ClN5OS. The number of amides is 1. The van der Waals surface area contributed by atoms with E-state index >= 15 is 0 Å². The molecule has 1 N–H and O–H groups in total. The van der Waals surface area contributed by atoms with Crippen LogP contribution in [0.25, 0.3) is 0 Å². The van der Waals surface area contributed by atoms with Gasteiger partial charge in [-0.1, -0.05) is 17.7 Å². The van der Waals surface area contributed by atoms with Crippen LogP contribution >= 0.6 is 22.9 Å². The predicted octanol–water partition coefficient (Wildman–Crippen LogP) is 4.12. The van der Waals surface area contributed by atoms with Gasteiger partial charge in [-0.2, -0.15) is 5.10 Å². The molecule has 0 radical (unpaired) electrons. The number of thiazole rings is 1. The molecule has 1 saturated heterocycles. The number of likely N-dealkylation sites (tertiary alicyclic amines) is 1. The molecule has 1 aliphatic rings. The van der Waals surface area contributed by atoms with Gasteiger partial charge in [0.1, 0.15) is 0 Å². The molecule has 1 aromatic carbocycles. The lowest BCUT2D eigenvalue weighted by Gasteiger charge is -2.22. The molecule has 1 fully saturated rings. The van der Waals surface area contributed by atoms with Crippen LogP contribution in [0.3, 0.4) is 0 Å². The van der Waals surface area contributed by atoms with Crippen molar-refractivity contribution >= 4 is 34.0 Å². The number of carbonyl (C=O) groups is 1. The molecule has 0 saturated carbocycles. The van der Waals surface area contributed by atoms with Gasteiger partial charge < -0.3 is 0 Å². The van der Waals surface area contributed by atoms with Crippen LogP contribution in [0.2, 0.25) is 5.02 Å². The second kappa shape index (κ2) is 7.80. The van der Waals surface area contributed by atoms with Gasteiger partial charge in [-0.25, -0.2) is 4.98 Å². The van der Waals surface area contributed by atoms with Crippen molar-refractivity contribution in [1.82, 2.24) is 19.7 Å². The highest BCUT2D eigenvalue weighted by Gasteiger charge is 2.28. The topological polar surface area (TPSA) is 63.1 Å². The fourth-order valence-electron chi connectivity index (χ4n) is 3.41. The van der Waals surface area contributed by atoms with E-state index in [0.29, 0.717) is 15.7 Å². The van der Waals surface area contributed by atoms with Gasteiger partial charge in [0.2, 0.25) is 0 Å². The summed E-state index contributed by atoms with van der Waals surface area (Å²) in [4.78, 5) is 19.5. The Morgan fingerprint density at radius 1 is 1.41 bits per heavy atom. The number of aryl methyl sites for hydroxylation is 1. The van der Waals surface area contributed by atoms with Gasteiger partial charge in [-0.15, -0.1) is 11.3 Å². The zero-order chi connectivity index (χ0) is 18.8. The standard InChI is InChI=1S/C19H20ClN5OS/c1-24-15(7-8-21-24)11-25-9-3-6-17(25)16-12-27-19(22-16)23-18(26)13-4-2-5-14(20)10-13/h2,4-5,7-8,10,12,17H,3,6,9,11H2,1H3,(H,22,23,26). The lowest BCUT2D eigenvalue weighted by Crippen LogP contribution is -2.24. The Morgan fingerprint density at radius 2 is 2.30 bits per heavy atom. The molecule has 2 aromatic heterocycles. The van der Waals surface area contributed by atoms with Crippen molar-refractivity contribution in [2.24, 2.45) is 7.05 Å². The molecular weight excluding hydrogens is 382 g/mol. The lowest BCUT2D eigenvalue weighted by molar-refractivity contribution is 0.102. The van der Waals surface area contributed by atoms with Crippen molar-refractivity contribution in [3.8, 4) is 0 Å². The van der Waals surface area contributed by atoms with Crippen molar-refractivity contribution < 1.29 is 4.79 Å². The van der Waals surface area contributed by atoms with Crippen molar-refractivity contribution in [2.45, 2.75) is 25.4 Å². The second-order valence-corrected chi connectivity index (χ2v) is 7.91. The molecule has 6 nitrogen and oxygen atoms in total. The molecule has 1 unspecified atom stereocenters. The summed E-state index contributed by atoms with van der Waals surface area (Å²) in [7, 11) is 1.97. The minimum atomic E-state index is -0.198. The average Bonchev–Trinajstić information content (AvgIpc) is 3.38. The number of hydrogen-bond acceptors (Lipinski definition) is 5. The highest BCUT2D eigenvalue weighted by atomic mass is 35.5. The van der Waals surface area contributed by atoms with E-state index < -0.39 is 0 Å². The molecule has 1 amide bonds. The quantitative estimate of drug-likeness (QED) is 0.698. The number of carbonyl (C=O) groups excluding carboxylic acids is 1. The molecule has 0 aliphatic carbocycles. The maximum absolute atomic E-state index is 12.4. The Labute approximate surface area is 166 Å². The van der Waals surface area contributed by atoms with Gasteiger partial charge in [-0.05, 0) is 43.7 Å². The molecule has 0 bridgehead atoms. The van der Waals surface area contributed by atoms with E-state index in [0.717, 1.165) is 31.6 Å². The largest absolute Gasteiger partial charge is 0.298 e. The normalized spacial score (nSPS) is 17.3. The first kappa shape index (κ1) is 18.2. The van der Waals surface area contributed by atoms with Crippen LogP contribution in [0.15, 0.2) is 41.9 Å². The van der Waals surface area contributed by atoms with Gasteiger partial charge in [0.05, 0.1) is 17.4 Å². The highest BCUT2D eigenvalue weighted by molar-refractivity contribution is 7.14. The van der Waals surface area contributed by atoms with E-state index in [9.17, 15) is 4.79 Å². The summed E-state index contributed by atoms with van der Waals surface area (Å²) in [6, 6.07) is 9.22. The smallest absolute Gasteiger partial charge is 0.257 e. The zero-order valence-corrected chi connectivity index (χ0v) is 16.5. The van der Waals surface area contributed by atoms with Crippen molar-refractivity contribution in [2.75, 3.05) is 11.9 Å². The second-order valence-electron chi connectivity index (χ2n) is 6.62. The lowest BCUT2D eigenvalue weighted by atomic mass is 10.1. The number of nitrogens with zero attached hydrogens (tertiary/aromatic N) is 4. The number of nitrogens with one attached hydrogen (secondary N) is 1. The third-order valence-corrected chi connectivity index (χ3v) is 5.83. The third-order valence-electron chi connectivity index (χ3n) is 4.82. The van der Waals surface area contributed by atoms with Gasteiger partial charge in [0.15, 0.2) is 5.13 Å². The van der Waals surface area contributed by atoms with Gasteiger partial charge in [0, 0.05) is 35.8 Å². The van der Waals surface area contributed by atoms with Crippen LogP contribution < -0.4 is 5.32 Å². The highest BCUT2D eigenvalue weighted by Crippen LogP contribution is 2.34. The fraction of sp³-hybridized carbons (Fsp3) is 0.316. The maximum Gasteiger partial charge on any atom is 0.257 e. The summed E-state index contributed by atoms with van der Waals surface area (Å²) in [6.45, 7) is 1.89. The van der Waals surface area contributed by atoms with Crippen molar-refractivity contribution in [1.29, 1.82) is 0 Å². The molecule has 4 rings (SSSR count). The first-order valence-corrected chi connectivity index (χ1v) is 10.1. The molecule has 3 aromatic rings. The van der Waals surface area contributed by atoms with Crippen LogP contribution in [0.5, 0.6) is 0 Å². The number of aromatic nitrogens is 3. The summed E-state index contributed by atoms with van der Waals surface area (Å²) < 4.78 is 1.91. The number of hydrogen-bond donors (Lipinski definition) is 1. The first-order chi connectivity index (χ1) is 13.1. The number of halogens is 1. The predicted molar refractivity (Wildman–Crippen MR) is 107 cm³/mol. The van der Waals surface area contributed by atoms with Crippen LogP contribution in [-0.2, 0) is 13.6 Å². The minimum absolute atomic E-state index is 0.198. The Balaban J connectivity index is 1.45. The zero-order valence-electron chi connectivity index (χ0n) is 14.9. The fourth-order valence-corrected chi connectivity index (χ4v) is 4.35. The molecule has 0 spiro atoms. The third kappa shape index (κ3) is 4.05. The van der Waals surface area contributed by atoms with Crippen LogP contribution in [0, 0.1) is 0 Å². The number of rotatable bonds is 5. The Kier molecular flexibility index (Phi) is 5.24. The van der Waals surface area contributed by atoms with E-state index in [-0.39, 0.29) is 11.9 Å². The molecule has 1 atom stereocenters. The summed E-state index contributed by atoms with van der Waals surface area (Å²) >= 11 is 7.42. The summed E-state index contributed by atoms with van der Waals surface area (Å²) in [5.74, 6) is -0.198. The van der Waals surface area contributed by atoms with E-state index in [1.807, 2.05) is 29.4 Å². The Morgan fingerprint density at radius 3 is 3.07 bits per heavy atom. The van der Waals surface area contributed by atoms with Crippen LogP contribution in [0.1, 0.15) is 40.6 Å². The minimum Gasteiger partial charge on any atom is -0.298 e. The summed E-state index contributed by atoms with van der Waals surface area (Å²) in [5, 5.41) is 10.3. The van der Waals surface area contributed by atoms with Crippen molar-refractivity contribution in [3.05, 3.63) is 63.9 Å². The van der Waals surface area contributed by atoms with E-state index in [4.69, 9.17) is 11.6 Å². The van der Waals surface area contributed by atoms with E-state index in [1.54, 1.807) is 24.3 Å². The Bertz CT molecular complexity index is 953. The molecule has 8 heteroatoms. The first-order valence-electron chi connectivity index (χ1n) is 8.83. The van der Waals surface area contributed by atoms with Gasteiger partial charge in [-0.3, -0.25) is 19.7 Å². The maximum atomic E-state index is 12.4. The SMILES string of the molecule is Cn1nccc1CN1CCCC1c1csc(NC(=O)c2cccc(Cl)c2)n1. The molecule has 1 aliphatic heterocycles. The molecule has 27 heavy (non-hydrogen) atoms. The van der Waals surface area contributed by atoms with E-state index in [1.165, 1.54) is 17.0 Å². The van der Waals surface area contributed by atoms with Crippen molar-refractivity contribution in [3.63, 3.8) is 0 Å². The Hall–Kier alpha value is -2.22. The average molecular weight is 402 g/mol. The number of anilines is 1. The monoisotopic (exact) mass is 401 g/mol. The van der Waals surface area contributed by atoms with Gasteiger partial charge in [0.25, 0.3) is 5.91 Å². The summed E-state index contributed by atoms with van der Waals surface area (Å²) in [6.07, 6.45) is 4.04. The van der Waals surface area contributed by atoms with Crippen LogP contribution in [0.4, 0.5) is 5.13 Å². The number of benzene rings is 1. The van der Waals surface area contributed by atoms with Crippen LogP contribution in [-0.4, -0.2) is 32.1 Å². The molecule has 140 valence electrons. The van der Waals surface area contributed by atoms with E-state index in [2.05, 4.69) is 20.3 Å². The molecule has 3 heterocycles. The summed E-state index contributed by atoms with van der Waals surface area (Å²) in [5.41, 5.74) is 2.73. The van der Waals surface area contributed by atoms with Gasteiger partial charge >= 0.3 is 0 Å².